The summed E-state index contributed by atoms with van der Waals surface area (Å²) in [7, 11) is -1.14. The van der Waals surface area contributed by atoms with E-state index in [1.54, 1.807) is 16.0 Å². The number of hydrogen-bond donors (Lipinski definition) is 0. The number of rotatable bonds is 6. The predicted octanol–water partition coefficient (Wildman–Crippen LogP) is 8.82. The van der Waals surface area contributed by atoms with Crippen molar-refractivity contribution in [3.05, 3.63) is 60.7 Å². The molecular weight excluding hydrogens is 481 g/mol. The molecule has 0 fully saturated rings. The molecule has 0 amide bonds. The van der Waals surface area contributed by atoms with Gasteiger partial charge in [-0.2, -0.15) is 0 Å². The van der Waals surface area contributed by atoms with Crippen LogP contribution in [0, 0.1) is 0 Å². The summed E-state index contributed by atoms with van der Waals surface area (Å²) in [5, 5.41) is 6.44. The van der Waals surface area contributed by atoms with Crippen molar-refractivity contribution in [2.75, 3.05) is 0 Å². The van der Waals surface area contributed by atoms with Crippen LogP contribution >= 0.6 is 15.8 Å². The summed E-state index contributed by atoms with van der Waals surface area (Å²) in [5.41, 5.74) is 3.06. The molecule has 186 valence electrons. The second kappa shape index (κ2) is 15.5. The van der Waals surface area contributed by atoms with Crippen molar-refractivity contribution >= 4 is 37.2 Å². The van der Waals surface area contributed by atoms with Crippen molar-refractivity contribution in [1.29, 1.82) is 0 Å². The summed E-state index contributed by atoms with van der Waals surface area (Å²) in [5.74, 6) is 0. The average molecular weight is 529 g/mol. The van der Waals surface area contributed by atoms with Gasteiger partial charge in [0.05, 0.1) is 28.0 Å². The van der Waals surface area contributed by atoms with E-state index in [4.69, 9.17) is 0 Å². The van der Waals surface area contributed by atoms with Crippen LogP contribution in [0.3, 0.4) is 0 Å². The minimum Gasteiger partial charge on any atom is -0.0882 e. The molecule has 0 atom stereocenters. The zero-order chi connectivity index (χ0) is 23.7. The first-order chi connectivity index (χ1) is 15.3. The molecule has 0 saturated carbocycles. The van der Waals surface area contributed by atoms with Gasteiger partial charge in [0.25, 0.3) is 0 Å². The van der Waals surface area contributed by atoms with Gasteiger partial charge in [0, 0.05) is 32.3 Å². The summed E-state index contributed by atoms with van der Waals surface area (Å²) in [6.45, 7) is 19.4. The molecule has 2 aromatic rings. The molecule has 0 aliphatic heterocycles. The normalized spacial score (nSPS) is 14.1. The second-order valence-corrected chi connectivity index (χ2v) is 17.9. The van der Waals surface area contributed by atoms with Crippen molar-refractivity contribution in [2.45, 2.75) is 104 Å². The fraction of sp³-hybridized carbons (Fsp3) is 0.533. The molecule has 1 aliphatic rings. The quantitative estimate of drug-likeness (QED) is 0.199. The third-order valence-electron chi connectivity index (χ3n) is 6.35. The Kier molecular flexibility index (Phi) is 14.4. The first-order valence-electron chi connectivity index (χ1n) is 12.8. The van der Waals surface area contributed by atoms with E-state index in [-0.39, 0.29) is 16.5 Å². The van der Waals surface area contributed by atoms with Gasteiger partial charge in [0.2, 0.25) is 0 Å². The number of hydrogen-bond acceptors (Lipinski definition) is 0. The van der Waals surface area contributed by atoms with Crippen LogP contribution in [-0.2, 0) is 16.5 Å². The van der Waals surface area contributed by atoms with Crippen molar-refractivity contribution < 1.29 is 16.5 Å². The Bertz CT molecular complexity index is 783. The van der Waals surface area contributed by atoms with Gasteiger partial charge >= 0.3 is 0 Å². The van der Waals surface area contributed by atoms with Crippen LogP contribution in [0.4, 0.5) is 0 Å². The summed E-state index contributed by atoms with van der Waals surface area (Å²) in [6.07, 6.45) is 14.0. The first-order valence-corrected chi connectivity index (χ1v) is 16.1. The molecule has 0 spiro atoms. The van der Waals surface area contributed by atoms with Crippen molar-refractivity contribution in [3.8, 4) is 0 Å². The van der Waals surface area contributed by atoms with Crippen LogP contribution in [0.2, 0.25) is 0 Å². The van der Waals surface area contributed by atoms with Crippen LogP contribution in [0.1, 0.15) is 81.1 Å². The van der Waals surface area contributed by atoms with Crippen molar-refractivity contribution in [2.24, 2.45) is 0 Å². The summed E-state index contributed by atoms with van der Waals surface area (Å²) in [6, 6.07) is 14.1. The molecule has 0 N–H and O–H groups in total. The largest absolute Gasteiger partial charge is 0.104 e. The SMILES string of the molecule is C1=CCCC=CCC1.CC(C)[PH+](c1cccc2cccc([PH+](C(C)C)C(C)C)c12)C(C)C.[Ni]. The Labute approximate surface area is 217 Å². The molecule has 0 bridgehead atoms. The van der Waals surface area contributed by atoms with Crippen LogP contribution < -0.4 is 10.6 Å². The third-order valence-corrected chi connectivity index (χ3v) is 13.4. The van der Waals surface area contributed by atoms with Crippen LogP contribution in [-0.4, -0.2) is 22.6 Å². The van der Waals surface area contributed by atoms with Crippen LogP contribution in [0.15, 0.2) is 60.7 Å². The van der Waals surface area contributed by atoms with Gasteiger partial charge in [-0.05, 0) is 98.6 Å². The smallest absolute Gasteiger partial charge is 0.0882 e. The van der Waals surface area contributed by atoms with Crippen molar-refractivity contribution in [1.82, 2.24) is 0 Å². The minimum absolute atomic E-state index is 0. The predicted molar refractivity (Wildman–Crippen MR) is 157 cm³/mol. The van der Waals surface area contributed by atoms with Gasteiger partial charge in [0.15, 0.2) is 0 Å². The topological polar surface area (TPSA) is 0 Å². The Morgan fingerprint density at radius 1 is 0.515 bits per heavy atom. The van der Waals surface area contributed by atoms with E-state index in [0.29, 0.717) is 0 Å². The van der Waals surface area contributed by atoms with E-state index >= 15 is 0 Å². The molecule has 0 unspecified atom stereocenters. The zero-order valence-corrected chi connectivity index (χ0v) is 25.2. The molecule has 2 aromatic carbocycles. The Morgan fingerprint density at radius 3 is 1.09 bits per heavy atom. The minimum atomic E-state index is -0.571. The fourth-order valence-electron chi connectivity index (χ4n) is 5.26. The van der Waals surface area contributed by atoms with Crippen LogP contribution in [0.25, 0.3) is 10.8 Å². The van der Waals surface area contributed by atoms with E-state index < -0.39 is 15.8 Å². The van der Waals surface area contributed by atoms with E-state index in [9.17, 15) is 0 Å². The second-order valence-electron chi connectivity index (χ2n) is 10.3. The van der Waals surface area contributed by atoms with E-state index in [2.05, 4.69) is 116 Å². The molecule has 0 heterocycles. The van der Waals surface area contributed by atoms with Gasteiger partial charge in [-0.1, -0.05) is 48.6 Å². The van der Waals surface area contributed by atoms with Crippen molar-refractivity contribution in [3.63, 3.8) is 0 Å². The molecule has 0 nitrogen and oxygen atoms in total. The third kappa shape index (κ3) is 8.92. The van der Waals surface area contributed by atoms with E-state index in [1.807, 2.05) is 0 Å². The van der Waals surface area contributed by atoms with Gasteiger partial charge in [-0.25, -0.2) is 0 Å². The number of benzene rings is 2. The zero-order valence-electron chi connectivity index (χ0n) is 22.2. The molecule has 0 radical (unpaired) electrons. The molecule has 3 rings (SSSR count). The van der Waals surface area contributed by atoms with Gasteiger partial charge in [-0.3, -0.25) is 0 Å². The number of allylic oxidation sites excluding steroid dienone is 4. The van der Waals surface area contributed by atoms with Crippen LogP contribution in [0.5, 0.6) is 0 Å². The summed E-state index contributed by atoms with van der Waals surface area (Å²) >= 11 is 0. The maximum Gasteiger partial charge on any atom is 0.104 e. The Hall–Kier alpha value is -0.466. The first kappa shape index (κ1) is 30.6. The molecule has 1 aliphatic carbocycles. The average Bonchev–Trinajstić information content (AvgIpc) is 2.67. The molecule has 0 saturated heterocycles. The van der Waals surface area contributed by atoms with Gasteiger partial charge < -0.3 is 0 Å². The summed E-state index contributed by atoms with van der Waals surface area (Å²) in [4.78, 5) is 0. The molecule has 0 aromatic heterocycles. The Balaban J connectivity index is 0.000000511. The fourth-order valence-corrected chi connectivity index (χ4v) is 12.2. The summed E-state index contributed by atoms with van der Waals surface area (Å²) < 4.78 is 0. The monoisotopic (exact) mass is 528 g/mol. The Morgan fingerprint density at radius 2 is 0.818 bits per heavy atom. The maximum atomic E-state index is 2.44. The molecular formula is C30H48NiP2+2. The molecule has 3 heteroatoms. The van der Waals surface area contributed by atoms with Gasteiger partial charge in [0.1, 0.15) is 10.6 Å². The van der Waals surface area contributed by atoms with E-state index in [0.717, 1.165) is 22.6 Å². The maximum absolute atomic E-state index is 2.44. The van der Waals surface area contributed by atoms with E-state index in [1.165, 1.54) is 31.1 Å². The van der Waals surface area contributed by atoms with Gasteiger partial charge in [-0.15, -0.1) is 0 Å². The number of fused-ring (bicyclic) bond motifs is 1. The molecule has 33 heavy (non-hydrogen) atoms. The standard InChI is InChI=1S/C22H34P2.C8H12.Ni/c1-15(2)23(16(3)4)20-13-9-11-19-12-10-14-21(22(19)20)24(17(5)6)18(7)8;1-2-4-6-8-7-5-3-1;/h9-18H,1-8H3;1-2,7-8H,3-6H2;/p+2.